The number of alkyl carbamates (subject to hydrolysis) is 1. The van der Waals surface area contributed by atoms with Crippen molar-refractivity contribution >= 4 is 50.9 Å². The molecule has 35 heavy (non-hydrogen) atoms. The van der Waals surface area contributed by atoms with Crippen LogP contribution in [0.1, 0.15) is 54.3 Å². The number of aromatic nitrogens is 1. The van der Waals surface area contributed by atoms with E-state index in [2.05, 4.69) is 49.6 Å². The number of carbonyl (C=O) groups is 2. The number of thiophene rings is 1. The molecule has 0 aliphatic heterocycles. The summed E-state index contributed by atoms with van der Waals surface area (Å²) in [4.78, 5) is 30.4. The maximum absolute atomic E-state index is 12.7. The van der Waals surface area contributed by atoms with Crippen LogP contribution in [0.15, 0.2) is 36.2 Å². The predicted octanol–water partition coefficient (Wildman–Crippen LogP) is 4.01. The molecule has 3 atom stereocenters. The minimum absolute atomic E-state index is 0.0115. The first-order valence-corrected chi connectivity index (χ1v) is 13.4. The van der Waals surface area contributed by atoms with Crippen molar-refractivity contribution in [2.45, 2.75) is 55.5 Å². The number of hydrogen-bond donors (Lipinski definition) is 4. The van der Waals surface area contributed by atoms with Crippen LogP contribution in [-0.2, 0) is 22.4 Å². The van der Waals surface area contributed by atoms with E-state index >= 15 is 0 Å². The van der Waals surface area contributed by atoms with E-state index in [4.69, 9.17) is 17.0 Å². The van der Waals surface area contributed by atoms with Gasteiger partial charge in [-0.05, 0) is 43.0 Å². The Hall–Kier alpha value is -2.62. The van der Waals surface area contributed by atoms with E-state index < -0.39 is 6.09 Å². The van der Waals surface area contributed by atoms with Crippen molar-refractivity contribution in [1.82, 2.24) is 15.7 Å². The monoisotopic (exact) mass is 607 g/mol. The van der Waals surface area contributed by atoms with Crippen molar-refractivity contribution in [2.24, 2.45) is 5.84 Å². The van der Waals surface area contributed by atoms with Crippen LogP contribution >= 0.6 is 33.9 Å². The Labute approximate surface area is 223 Å². The van der Waals surface area contributed by atoms with Gasteiger partial charge in [0, 0.05) is 52.2 Å². The number of carbonyl (C=O) groups excluding carboxylic acids is 2. The quantitative estimate of drug-likeness (QED) is 0.113. The fourth-order valence-electron chi connectivity index (χ4n) is 3.91. The Morgan fingerprint density at radius 2 is 2.23 bits per heavy atom. The van der Waals surface area contributed by atoms with Gasteiger partial charge < -0.3 is 20.8 Å². The van der Waals surface area contributed by atoms with Gasteiger partial charge in [-0.1, -0.05) is 41.5 Å². The highest BCUT2D eigenvalue weighted by Gasteiger charge is 2.28. The number of alkyl halides is 1. The summed E-state index contributed by atoms with van der Waals surface area (Å²) >= 11 is 3.72. The second-order valence-corrected chi connectivity index (χ2v) is 11.4. The largest absolute Gasteiger partial charge is 0.446 e. The lowest BCUT2D eigenvalue weighted by molar-refractivity contribution is -0.116. The summed E-state index contributed by atoms with van der Waals surface area (Å²) in [6.07, 6.45) is 10.7. The molecule has 8 nitrogen and oxygen atoms in total. The van der Waals surface area contributed by atoms with Gasteiger partial charge in [-0.25, -0.2) is 4.79 Å². The SMILES string of the molecule is C#Cc1c(NC(=O)CC(C)c2ccccn2)sc2c1CCC(OC(=O)NC/C(=C/NN)C(C)I)C2. The van der Waals surface area contributed by atoms with Gasteiger partial charge in [0.15, 0.2) is 0 Å². The molecule has 2 heterocycles. The maximum Gasteiger partial charge on any atom is 0.407 e. The molecule has 1 aliphatic carbocycles. The molecule has 10 heteroatoms. The molecule has 0 saturated heterocycles. The van der Waals surface area contributed by atoms with Gasteiger partial charge in [-0.2, -0.15) is 0 Å². The first-order chi connectivity index (χ1) is 16.8. The van der Waals surface area contributed by atoms with Gasteiger partial charge in [-0.3, -0.25) is 15.6 Å². The second kappa shape index (κ2) is 12.9. The molecule has 0 aromatic carbocycles. The minimum Gasteiger partial charge on any atom is -0.446 e. The highest BCUT2D eigenvalue weighted by molar-refractivity contribution is 14.1. The normalized spacial score (nSPS) is 16.9. The Balaban J connectivity index is 1.59. The van der Waals surface area contributed by atoms with E-state index in [1.165, 1.54) is 11.3 Å². The number of pyridine rings is 1. The van der Waals surface area contributed by atoms with Crippen LogP contribution in [0.4, 0.5) is 9.80 Å². The lowest BCUT2D eigenvalue weighted by Gasteiger charge is -2.23. The van der Waals surface area contributed by atoms with Crippen molar-refractivity contribution in [3.8, 4) is 12.3 Å². The van der Waals surface area contributed by atoms with E-state index in [1.807, 2.05) is 32.0 Å². The first kappa shape index (κ1) is 27.0. The third-order valence-electron chi connectivity index (χ3n) is 5.79. The van der Waals surface area contributed by atoms with E-state index in [1.54, 1.807) is 12.4 Å². The molecule has 0 spiro atoms. The van der Waals surface area contributed by atoms with Gasteiger partial charge >= 0.3 is 6.09 Å². The van der Waals surface area contributed by atoms with Crippen molar-refractivity contribution in [1.29, 1.82) is 0 Å². The molecule has 0 saturated carbocycles. The van der Waals surface area contributed by atoms with Gasteiger partial charge in [0.25, 0.3) is 0 Å². The molecule has 3 unspecified atom stereocenters. The smallest absolute Gasteiger partial charge is 0.407 e. The van der Waals surface area contributed by atoms with Gasteiger partial charge in [0.2, 0.25) is 5.91 Å². The number of halogens is 1. The Bertz CT molecular complexity index is 1110. The summed E-state index contributed by atoms with van der Waals surface area (Å²) in [6.45, 7) is 4.33. The number of hydrazine groups is 1. The molecule has 0 bridgehead atoms. The lowest BCUT2D eigenvalue weighted by atomic mass is 9.93. The molecular weight excluding hydrogens is 577 g/mol. The zero-order valence-electron chi connectivity index (χ0n) is 19.8. The highest BCUT2D eigenvalue weighted by atomic mass is 127. The summed E-state index contributed by atoms with van der Waals surface area (Å²) in [5, 5.41) is 6.46. The van der Waals surface area contributed by atoms with E-state index in [0.29, 0.717) is 37.2 Å². The molecular formula is C25H30IN5O3S. The molecule has 2 aromatic heterocycles. The number of rotatable bonds is 9. The number of nitrogens with zero attached hydrogens (tertiary/aromatic N) is 1. The molecule has 3 rings (SSSR count). The highest BCUT2D eigenvalue weighted by Crippen LogP contribution is 2.38. The summed E-state index contributed by atoms with van der Waals surface area (Å²) < 4.78 is 5.86. The zero-order valence-corrected chi connectivity index (χ0v) is 22.7. The van der Waals surface area contributed by atoms with Crippen molar-refractivity contribution in [2.75, 3.05) is 11.9 Å². The average molecular weight is 608 g/mol. The van der Waals surface area contributed by atoms with E-state index in [-0.39, 0.29) is 21.9 Å². The number of fused-ring (bicyclic) bond motifs is 1. The standard InChI is InChI=1S/C25H30IN5O3S/c1-4-19-20-9-8-18(34-25(33)29-13-17(14-30-27)16(3)26)12-22(20)35-24(19)31-23(32)11-15(2)21-7-5-6-10-28-21/h1,5-7,10,14-16,18,30H,8-9,11-13,27H2,2-3H3,(H,29,33)(H,31,32)/b17-14-. The summed E-state index contributed by atoms with van der Waals surface area (Å²) in [6, 6.07) is 5.68. The Morgan fingerprint density at radius 1 is 1.43 bits per heavy atom. The topological polar surface area (TPSA) is 118 Å². The number of nitrogens with one attached hydrogen (secondary N) is 3. The van der Waals surface area contributed by atoms with Crippen molar-refractivity contribution < 1.29 is 14.3 Å². The molecule has 5 N–H and O–H groups in total. The Morgan fingerprint density at radius 3 is 2.89 bits per heavy atom. The zero-order chi connectivity index (χ0) is 25.4. The average Bonchev–Trinajstić information content (AvgIpc) is 3.17. The molecule has 2 amide bonds. The van der Waals surface area contributed by atoms with Crippen LogP contribution in [0.5, 0.6) is 0 Å². The number of terminal acetylenes is 1. The van der Waals surface area contributed by atoms with E-state index in [9.17, 15) is 9.59 Å². The molecule has 186 valence electrons. The summed E-state index contributed by atoms with van der Waals surface area (Å²) in [5.74, 6) is 7.99. The number of anilines is 1. The number of nitrogens with two attached hydrogens (primary N) is 1. The predicted molar refractivity (Wildman–Crippen MR) is 147 cm³/mol. The molecule has 2 aromatic rings. The maximum atomic E-state index is 12.7. The summed E-state index contributed by atoms with van der Waals surface area (Å²) in [5.41, 5.74) is 6.11. The fraction of sp³-hybridized carbons (Fsp3) is 0.400. The second-order valence-electron chi connectivity index (χ2n) is 8.39. The van der Waals surface area contributed by atoms with Crippen LogP contribution in [0.25, 0.3) is 0 Å². The van der Waals surface area contributed by atoms with Crippen LogP contribution in [0.2, 0.25) is 0 Å². The molecule has 1 aliphatic rings. The van der Waals surface area contributed by atoms with E-state index in [0.717, 1.165) is 27.3 Å². The van der Waals surface area contributed by atoms with Crippen LogP contribution in [0, 0.1) is 12.3 Å². The number of ether oxygens (including phenoxy) is 1. The number of amides is 2. The summed E-state index contributed by atoms with van der Waals surface area (Å²) in [7, 11) is 0. The fourth-order valence-corrected chi connectivity index (χ4v) is 5.60. The molecule has 0 radical (unpaired) electrons. The van der Waals surface area contributed by atoms with Gasteiger partial charge in [-0.15, -0.1) is 17.8 Å². The van der Waals surface area contributed by atoms with Crippen LogP contribution in [-0.4, -0.2) is 33.6 Å². The van der Waals surface area contributed by atoms with Gasteiger partial charge in [0.1, 0.15) is 11.1 Å². The van der Waals surface area contributed by atoms with Crippen LogP contribution in [0.3, 0.4) is 0 Å². The minimum atomic E-state index is -0.468. The van der Waals surface area contributed by atoms with Crippen molar-refractivity contribution in [3.63, 3.8) is 0 Å². The third-order valence-corrected chi connectivity index (χ3v) is 7.76. The number of hydrogen-bond acceptors (Lipinski definition) is 7. The van der Waals surface area contributed by atoms with Crippen molar-refractivity contribution in [3.05, 3.63) is 57.9 Å². The first-order valence-electron chi connectivity index (χ1n) is 11.4. The van der Waals surface area contributed by atoms with Crippen LogP contribution < -0.4 is 21.9 Å². The van der Waals surface area contributed by atoms with Gasteiger partial charge in [0.05, 0.1) is 5.56 Å². The lowest BCUT2D eigenvalue weighted by Crippen LogP contribution is -2.34. The third kappa shape index (κ3) is 7.43. The Kier molecular flexibility index (Phi) is 9.94. The molecule has 0 fully saturated rings.